The number of carbonyl (C=O) groups excluding carboxylic acids is 1. The molecule has 4 nitrogen and oxygen atoms in total. The number of ether oxygens (including phenoxy) is 1. The summed E-state index contributed by atoms with van der Waals surface area (Å²) in [6.07, 6.45) is 0. The quantitative estimate of drug-likeness (QED) is 0.623. The average Bonchev–Trinajstić information content (AvgIpc) is 2.39. The molecule has 0 aliphatic rings. The van der Waals surface area contributed by atoms with Crippen LogP contribution in [0.5, 0.6) is 0 Å². The van der Waals surface area contributed by atoms with Crippen LogP contribution in [0.1, 0.15) is 10.5 Å². The Morgan fingerprint density at radius 3 is 2.47 bits per heavy atom. The first-order valence-electron chi connectivity index (χ1n) is 5.10. The molecule has 0 spiro atoms. The van der Waals surface area contributed by atoms with E-state index in [2.05, 4.69) is 14.7 Å². The molecular weight excluding hydrogens is 311 g/mol. The van der Waals surface area contributed by atoms with E-state index in [0.717, 1.165) is 0 Å². The zero-order chi connectivity index (χ0) is 14.0. The number of esters is 1. The minimum absolute atomic E-state index is 0.0210. The van der Waals surface area contributed by atoms with E-state index in [1.165, 1.54) is 7.11 Å². The Hall–Kier alpha value is -1.36. The predicted octanol–water partition coefficient (Wildman–Crippen LogP) is 3.89. The number of hydrogen-bond donors (Lipinski definition) is 0. The van der Waals surface area contributed by atoms with Gasteiger partial charge in [-0.1, -0.05) is 34.8 Å². The van der Waals surface area contributed by atoms with Gasteiger partial charge in [0.15, 0.2) is 5.69 Å². The Morgan fingerprint density at radius 1 is 1.11 bits per heavy atom. The van der Waals surface area contributed by atoms with Gasteiger partial charge in [-0.25, -0.2) is 14.8 Å². The van der Waals surface area contributed by atoms with Crippen LogP contribution in [0.15, 0.2) is 24.3 Å². The second-order valence-electron chi connectivity index (χ2n) is 3.49. The maximum absolute atomic E-state index is 11.5. The molecule has 7 heteroatoms. The summed E-state index contributed by atoms with van der Waals surface area (Å²) in [5.41, 5.74) is 1.03. The highest BCUT2D eigenvalue weighted by Gasteiger charge is 2.15. The largest absolute Gasteiger partial charge is 0.464 e. The first-order chi connectivity index (χ1) is 9.02. The highest BCUT2D eigenvalue weighted by Crippen LogP contribution is 2.28. The van der Waals surface area contributed by atoms with Crippen molar-refractivity contribution in [2.24, 2.45) is 0 Å². The van der Waals surface area contributed by atoms with Gasteiger partial charge in [-0.05, 0) is 24.3 Å². The number of hydrogen-bond acceptors (Lipinski definition) is 4. The number of halogens is 3. The molecule has 98 valence electrons. The molecule has 0 amide bonds. The SMILES string of the molecule is COC(=O)c1nc(-c2ccc(Cl)nc2Cl)ccc1Cl. The summed E-state index contributed by atoms with van der Waals surface area (Å²) in [5.74, 6) is -0.620. The van der Waals surface area contributed by atoms with Gasteiger partial charge in [-0.3, -0.25) is 0 Å². The summed E-state index contributed by atoms with van der Waals surface area (Å²) in [7, 11) is 1.25. The average molecular weight is 318 g/mol. The lowest BCUT2D eigenvalue weighted by atomic mass is 10.2. The Kier molecular flexibility index (Phi) is 4.24. The number of rotatable bonds is 2. The van der Waals surface area contributed by atoms with Crippen molar-refractivity contribution in [3.8, 4) is 11.3 Å². The molecule has 0 unspecified atom stereocenters. The predicted molar refractivity (Wildman–Crippen MR) is 73.8 cm³/mol. The Balaban J connectivity index is 2.54. The van der Waals surface area contributed by atoms with Gasteiger partial charge < -0.3 is 4.74 Å². The number of pyridine rings is 2. The first-order valence-corrected chi connectivity index (χ1v) is 6.23. The minimum Gasteiger partial charge on any atom is -0.464 e. The second-order valence-corrected chi connectivity index (χ2v) is 4.64. The molecule has 2 aromatic rings. The summed E-state index contributed by atoms with van der Waals surface area (Å²) in [6.45, 7) is 0. The van der Waals surface area contributed by atoms with Crippen molar-refractivity contribution >= 4 is 40.8 Å². The molecule has 0 N–H and O–H groups in total. The summed E-state index contributed by atoms with van der Waals surface area (Å²) >= 11 is 17.6. The zero-order valence-electron chi connectivity index (χ0n) is 9.65. The van der Waals surface area contributed by atoms with E-state index in [4.69, 9.17) is 34.8 Å². The van der Waals surface area contributed by atoms with E-state index in [-0.39, 0.29) is 21.0 Å². The molecule has 2 heterocycles. The van der Waals surface area contributed by atoms with E-state index in [1.807, 2.05) is 0 Å². The van der Waals surface area contributed by atoms with Gasteiger partial charge in [0.2, 0.25) is 0 Å². The fourth-order valence-corrected chi connectivity index (χ4v) is 2.06. The lowest BCUT2D eigenvalue weighted by Gasteiger charge is -2.06. The highest BCUT2D eigenvalue weighted by atomic mass is 35.5. The standard InChI is InChI=1S/C12H7Cl3N2O2/c1-19-12(18)10-7(13)3-4-8(16-10)6-2-5-9(14)17-11(6)15/h2-5H,1H3. The third kappa shape index (κ3) is 2.97. The number of carbonyl (C=O) groups is 1. The topological polar surface area (TPSA) is 52.1 Å². The van der Waals surface area contributed by atoms with Crippen molar-refractivity contribution in [1.82, 2.24) is 9.97 Å². The summed E-state index contributed by atoms with van der Waals surface area (Å²) in [5, 5.41) is 0.669. The van der Waals surface area contributed by atoms with E-state index in [9.17, 15) is 4.79 Å². The van der Waals surface area contributed by atoms with Gasteiger partial charge in [0.25, 0.3) is 0 Å². The molecule has 0 fully saturated rings. The Labute approximate surface area is 124 Å². The van der Waals surface area contributed by atoms with E-state index < -0.39 is 5.97 Å². The molecule has 19 heavy (non-hydrogen) atoms. The molecule has 2 aromatic heterocycles. The number of methoxy groups -OCH3 is 1. The van der Waals surface area contributed by atoms with E-state index >= 15 is 0 Å². The minimum atomic E-state index is -0.620. The lowest BCUT2D eigenvalue weighted by molar-refractivity contribution is 0.0594. The van der Waals surface area contributed by atoms with Gasteiger partial charge in [0.05, 0.1) is 17.8 Å². The fraction of sp³-hybridized carbons (Fsp3) is 0.0833. The molecule has 0 saturated carbocycles. The van der Waals surface area contributed by atoms with Crippen molar-refractivity contribution in [3.63, 3.8) is 0 Å². The van der Waals surface area contributed by atoms with Gasteiger partial charge in [0, 0.05) is 5.56 Å². The number of aromatic nitrogens is 2. The van der Waals surface area contributed by atoms with Crippen molar-refractivity contribution in [3.05, 3.63) is 45.3 Å². The van der Waals surface area contributed by atoms with Crippen LogP contribution in [-0.4, -0.2) is 23.0 Å². The van der Waals surface area contributed by atoms with Gasteiger partial charge in [-0.15, -0.1) is 0 Å². The highest BCUT2D eigenvalue weighted by molar-refractivity contribution is 6.34. The molecule has 2 rings (SSSR count). The van der Waals surface area contributed by atoms with Crippen LogP contribution < -0.4 is 0 Å². The van der Waals surface area contributed by atoms with Gasteiger partial charge in [-0.2, -0.15) is 0 Å². The Bertz CT molecular complexity index is 647. The van der Waals surface area contributed by atoms with Crippen LogP contribution in [0.3, 0.4) is 0 Å². The third-order valence-corrected chi connectivity index (χ3v) is 3.12. The molecule has 0 radical (unpaired) electrons. The van der Waals surface area contributed by atoms with E-state index in [1.54, 1.807) is 24.3 Å². The molecule has 0 aromatic carbocycles. The smallest absolute Gasteiger partial charge is 0.358 e. The lowest BCUT2D eigenvalue weighted by Crippen LogP contribution is -2.06. The van der Waals surface area contributed by atoms with Crippen LogP contribution in [0.4, 0.5) is 0 Å². The molecular formula is C12H7Cl3N2O2. The van der Waals surface area contributed by atoms with Crippen LogP contribution in [0.2, 0.25) is 15.3 Å². The summed E-state index contributed by atoms with van der Waals surface area (Å²) in [6, 6.07) is 6.42. The molecule has 0 aliphatic heterocycles. The number of nitrogens with zero attached hydrogens (tertiary/aromatic N) is 2. The van der Waals surface area contributed by atoms with Crippen LogP contribution in [0.25, 0.3) is 11.3 Å². The molecule has 0 atom stereocenters. The molecule has 0 aliphatic carbocycles. The van der Waals surface area contributed by atoms with E-state index in [0.29, 0.717) is 11.3 Å². The van der Waals surface area contributed by atoms with Gasteiger partial charge >= 0.3 is 5.97 Å². The van der Waals surface area contributed by atoms with Crippen molar-refractivity contribution in [2.75, 3.05) is 7.11 Å². The normalized spacial score (nSPS) is 10.3. The monoisotopic (exact) mass is 316 g/mol. The van der Waals surface area contributed by atoms with Crippen LogP contribution in [-0.2, 0) is 4.74 Å². The molecule has 0 bridgehead atoms. The summed E-state index contributed by atoms with van der Waals surface area (Å²) < 4.78 is 4.60. The fourth-order valence-electron chi connectivity index (χ4n) is 1.44. The van der Waals surface area contributed by atoms with Crippen molar-refractivity contribution < 1.29 is 9.53 Å². The van der Waals surface area contributed by atoms with Crippen LogP contribution >= 0.6 is 34.8 Å². The maximum atomic E-state index is 11.5. The third-order valence-electron chi connectivity index (χ3n) is 2.32. The Morgan fingerprint density at radius 2 is 1.84 bits per heavy atom. The van der Waals surface area contributed by atoms with Crippen molar-refractivity contribution in [2.45, 2.75) is 0 Å². The van der Waals surface area contributed by atoms with Gasteiger partial charge in [0.1, 0.15) is 10.3 Å². The summed E-state index contributed by atoms with van der Waals surface area (Å²) in [4.78, 5) is 19.6. The maximum Gasteiger partial charge on any atom is 0.358 e. The molecule has 0 saturated heterocycles. The zero-order valence-corrected chi connectivity index (χ0v) is 11.9. The van der Waals surface area contributed by atoms with Crippen molar-refractivity contribution in [1.29, 1.82) is 0 Å². The van der Waals surface area contributed by atoms with Crippen LogP contribution in [0, 0.1) is 0 Å². The second kappa shape index (κ2) is 5.74. The first kappa shape index (κ1) is 14.1.